The minimum atomic E-state index is 0.0404. The molecule has 66 valence electrons. The third kappa shape index (κ3) is 1.40. The second kappa shape index (κ2) is 3.15. The van der Waals surface area contributed by atoms with Crippen molar-refractivity contribution in [3.05, 3.63) is 42.1 Å². The SMILES string of the molecule is C[C@H](N)c1cccc2cccnc12. The molecule has 0 amide bonds. The first-order chi connectivity index (χ1) is 6.29. The van der Waals surface area contributed by atoms with Crippen LogP contribution in [0.2, 0.25) is 0 Å². The van der Waals surface area contributed by atoms with Gasteiger partial charge >= 0.3 is 0 Å². The van der Waals surface area contributed by atoms with Crippen molar-refractivity contribution < 1.29 is 0 Å². The molecule has 0 fully saturated rings. The van der Waals surface area contributed by atoms with Gasteiger partial charge in [0.25, 0.3) is 0 Å². The Hall–Kier alpha value is -1.41. The highest BCUT2D eigenvalue weighted by molar-refractivity contribution is 5.81. The summed E-state index contributed by atoms with van der Waals surface area (Å²) in [7, 11) is 0. The van der Waals surface area contributed by atoms with E-state index >= 15 is 0 Å². The van der Waals surface area contributed by atoms with E-state index in [1.165, 1.54) is 0 Å². The van der Waals surface area contributed by atoms with E-state index in [4.69, 9.17) is 5.73 Å². The number of nitrogens with two attached hydrogens (primary N) is 1. The Balaban J connectivity index is 2.76. The van der Waals surface area contributed by atoms with Crippen LogP contribution in [0.5, 0.6) is 0 Å². The lowest BCUT2D eigenvalue weighted by atomic mass is 10.1. The van der Waals surface area contributed by atoms with Gasteiger partial charge in [-0.05, 0) is 18.6 Å². The van der Waals surface area contributed by atoms with E-state index in [1.807, 2.05) is 37.3 Å². The van der Waals surface area contributed by atoms with Crippen LogP contribution in [0, 0.1) is 0 Å². The molecular weight excluding hydrogens is 160 g/mol. The summed E-state index contributed by atoms with van der Waals surface area (Å²) in [6.07, 6.45) is 1.80. The van der Waals surface area contributed by atoms with E-state index in [9.17, 15) is 0 Å². The molecule has 0 saturated heterocycles. The minimum absolute atomic E-state index is 0.0404. The van der Waals surface area contributed by atoms with Gasteiger partial charge in [0.2, 0.25) is 0 Å². The fraction of sp³-hybridized carbons (Fsp3) is 0.182. The van der Waals surface area contributed by atoms with E-state index < -0.39 is 0 Å². The molecule has 2 N–H and O–H groups in total. The van der Waals surface area contributed by atoms with E-state index in [2.05, 4.69) is 4.98 Å². The van der Waals surface area contributed by atoms with Crippen molar-refractivity contribution in [1.29, 1.82) is 0 Å². The molecule has 0 unspecified atom stereocenters. The molecule has 13 heavy (non-hydrogen) atoms. The normalized spacial score (nSPS) is 13.1. The maximum absolute atomic E-state index is 5.84. The predicted molar refractivity (Wildman–Crippen MR) is 54.3 cm³/mol. The quantitative estimate of drug-likeness (QED) is 0.716. The van der Waals surface area contributed by atoms with Gasteiger partial charge in [-0.15, -0.1) is 0 Å². The molecule has 0 saturated carbocycles. The zero-order valence-corrected chi connectivity index (χ0v) is 7.57. The largest absolute Gasteiger partial charge is 0.324 e. The van der Waals surface area contributed by atoms with E-state index in [0.717, 1.165) is 16.5 Å². The van der Waals surface area contributed by atoms with Crippen LogP contribution < -0.4 is 5.73 Å². The zero-order valence-electron chi connectivity index (χ0n) is 7.57. The summed E-state index contributed by atoms with van der Waals surface area (Å²) in [5, 5.41) is 1.15. The fourth-order valence-corrected chi connectivity index (χ4v) is 1.50. The summed E-state index contributed by atoms with van der Waals surface area (Å²) in [5.74, 6) is 0. The number of rotatable bonds is 1. The van der Waals surface area contributed by atoms with Crippen molar-refractivity contribution in [2.45, 2.75) is 13.0 Å². The van der Waals surface area contributed by atoms with Crippen LogP contribution in [0.4, 0.5) is 0 Å². The molecular formula is C11H12N2. The number of nitrogens with zero attached hydrogens (tertiary/aromatic N) is 1. The topological polar surface area (TPSA) is 38.9 Å². The molecule has 0 aliphatic heterocycles. The van der Waals surface area contributed by atoms with Gasteiger partial charge in [0, 0.05) is 17.6 Å². The minimum Gasteiger partial charge on any atom is -0.324 e. The fourth-order valence-electron chi connectivity index (χ4n) is 1.50. The van der Waals surface area contributed by atoms with Crippen LogP contribution in [0.15, 0.2) is 36.5 Å². The van der Waals surface area contributed by atoms with Gasteiger partial charge in [0.1, 0.15) is 0 Å². The molecule has 0 radical (unpaired) electrons. The van der Waals surface area contributed by atoms with Crippen molar-refractivity contribution in [3.63, 3.8) is 0 Å². The molecule has 0 bridgehead atoms. The molecule has 0 aliphatic carbocycles. The Labute approximate surface area is 77.4 Å². The highest BCUT2D eigenvalue weighted by Crippen LogP contribution is 2.20. The second-order valence-corrected chi connectivity index (χ2v) is 3.21. The van der Waals surface area contributed by atoms with Gasteiger partial charge in [0.05, 0.1) is 5.52 Å². The molecule has 1 atom stereocenters. The lowest BCUT2D eigenvalue weighted by Crippen LogP contribution is -2.05. The number of hydrogen-bond donors (Lipinski definition) is 1. The Morgan fingerprint density at radius 1 is 1.23 bits per heavy atom. The second-order valence-electron chi connectivity index (χ2n) is 3.21. The summed E-state index contributed by atoms with van der Waals surface area (Å²) in [5.41, 5.74) is 7.96. The predicted octanol–water partition coefficient (Wildman–Crippen LogP) is 2.25. The summed E-state index contributed by atoms with van der Waals surface area (Å²) in [6.45, 7) is 1.98. The van der Waals surface area contributed by atoms with Crippen molar-refractivity contribution in [2.75, 3.05) is 0 Å². The van der Waals surface area contributed by atoms with Crippen molar-refractivity contribution >= 4 is 10.9 Å². The van der Waals surface area contributed by atoms with Crippen LogP contribution in [0.3, 0.4) is 0 Å². The molecule has 2 aromatic rings. The Morgan fingerprint density at radius 2 is 2.00 bits per heavy atom. The first-order valence-electron chi connectivity index (χ1n) is 4.38. The van der Waals surface area contributed by atoms with Gasteiger partial charge in [-0.2, -0.15) is 0 Å². The van der Waals surface area contributed by atoms with Crippen molar-refractivity contribution in [1.82, 2.24) is 4.98 Å². The molecule has 2 nitrogen and oxygen atoms in total. The summed E-state index contributed by atoms with van der Waals surface area (Å²) in [4.78, 5) is 4.32. The summed E-state index contributed by atoms with van der Waals surface area (Å²) >= 11 is 0. The Morgan fingerprint density at radius 3 is 2.77 bits per heavy atom. The van der Waals surface area contributed by atoms with E-state index in [0.29, 0.717) is 0 Å². The Bertz CT molecular complexity index is 416. The van der Waals surface area contributed by atoms with Gasteiger partial charge in [0.15, 0.2) is 0 Å². The summed E-state index contributed by atoms with van der Waals surface area (Å²) < 4.78 is 0. The number of para-hydroxylation sites is 1. The van der Waals surface area contributed by atoms with Crippen molar-refractivity contribution in [3.8, 4) is 0 Å². The molecule has 0 spiro atoms. The number of fused-ring (bicyclic) bond motifs is 1. The smallest absolute Gasteiger partial charge is 0.0749 e. The highest BCUT2D eigenvalue weighted by atomic mass is 14.7. The lowest BCUT2D eigenvalue weighted by molar-refractivity contribution is 0.824. The van der Waals surface area contributed by atoms with Gasteiger partial charge in [-0.1, -0.05) is 24.3 Å². The molecule has 1 heterocycles. The van der Waals surface area contributed by atoms with Crippen LogP contribution in [0.1, 0.15) is 18.5 Å². The molecule has 2 heteroatoms. The van der Waals surface area contributed by atoms with Crippen LogP contribution in [-0.2, 0) is 0 Å². The van der Waals surface area contributed by atoms with Gasteiger partial charge in [-0.3, -0.25) is 4.98 Å². The van der Waals surface area contributed by atoms with Gasteiger partial charge in [-0.25, -0.2) is 0 Å². The first-order valence-corrected chi connectivity index (χ1v) is 4.38. The monoisotopic (exact) mass is 172 g/mol. The average molecular weight is 172 g/mol. The van der Waals surface area contributed by atoms with Gasteiger partial charge < -0.3 is 5.73 Å². The molecule has 1 aromatic heterocycles. The van der Waals surface area contributed by atoms with Crippen LogP contribution in [0.25, 0.3) is 10.9 Å². The number of benzene rings is 1. The Kier molecular flexibility index (Phi) is 1.99. The average Bonchev–Trinajstić information content (AvgIpc) is 2.17. The standard InChI is InChI=1S/C11H12N2/c1-8(12)10-6-2-4-9-5-3-7-13-11(9)10/h2-8H,12H2,1H3/t8-/m0/s1. The van der Waals surface area contributed by atoms with Crippen LogP contribution in [-0.4, -0.2) is 4.98 Å². The van der Waals surface area contributed by atoms with Crippen LogP contribution >= 0.6 is 0 Å². The third-order valence-electron chi connectivity index (χ3n) is 2.15. The molecule has 1 aromatic carbocycles. The van der Waals surface area contributed by atoms with E-state index in [1.54, 1.807) is 6.20 Å². The first kappa shape index (κ1) is 8.20. The number of pyridine rings is 1. The summed E-state index contributed by atoms with van der Waals surface area (Å²) in [6, 6.07) is 10.1. The maximum atomic E-state index is 5.84. The third-order valence-corrected chi connectivity index (χ3v) is 2.15. The van der Waals surface area contributed by atoms with Crippen molar-refractivity contribution in [2.24, 2.45) is 5.73 Å². The highest BCUT2D eigenvalue weighted by Gasteiger charge is 2.04. The molecule has 0 aliphatic rings. The lowest BCUT2D eigenvalue weighted by Gasteiger charge is -2.07. The van der Waals surface area contributed by atoms with E-state index in [-0.39, 0.29) is 6.04 Å². The maximum Gasteiger partial charge on any atom is 0.0749 e. The molecule has 2 rings (SSSR count). The number of hydrogen-bond acceptors (Lipinski definition) is 2. The zero-order chi connectivity index (χ0) is 9.26. The number of aromatic nitrogens is 1.